The maximum Gasteiger partial charge on any atom is 0.313 e. The first-order valence-electron chi connectivity index (χ1n) is 15.5. The zero-order chi connectivity index (χ0) is 31.9. The molecular formula is C30H62N2O9. The minimum atomic E-state index is -0.731. The second kappa shape index (κ2) is 32.9. The first-order chi connectivity index (χ1) is 19.3. The first-order valence-corrected chi connectivity index (χ1v) is 15.5. The lowest BCUT2D eigenvalue weighted by atomic mass is 10.1. The lowest BCUT2D eigenvalue weighted by molar-refractivity contribution is -0.159. The maximum atomic E-state index is 11.6. The Hall–Kier alpha value is -1.63. The van der Waals surface area contributed by atoms with Gasteiger partial charge < -0.3 is 30.3 Å². The van der Waals surface area contributed by atoms with Gasteiger partial charge in [0.25, 0.3) is 0 Å². The van der Waals surface area contributed by atoms with Crippen molar-refractivity contribution in [2.45, 2.75) is 175 Å². The van der Waals surface area contributed by atoms with Gasteiger partial charge in [0.1, 0.15) is 24.9 Å². The molecule has 0 aromatic rings. The Bertz CT molecular complexity index is 575. The summed E-state index contributed by atoms with van der Waals surface area (Å²) in [6, 6.07) is 0. The lowest BCUT2D eigenvalue weighted by Crippen LogP contribution is -2.33. The summed E-state index contributed by atoms with van der Waals surface area (Å²) in [5.41, 5.74) is 0. The summed E-state index contributed by atoms with van der Waals surface area (Å²) in [5.74, 6) is -1.52. The molecule has 0 saturated heterocycles. The Morgan fingerprint density at radius 3 is 1.02 bits per heavy atom. The van der Waals surface area contributed by atoms with Gasteiger partial charge in [0.15, 0.2) is 0 Å². The fourth-order valence-corrected chi connectivity index (χ4v) is 3.76. The average Bonchev–Trinajstić information content (AvgIpc) is 2.83. The van der Waals surface area contributed by atoms with Crippen LogP contribution in [0.1, 0.15) is 150 Å². The van der Waals surface area contributed by atoms with Crippen LogP contribution in [0.2, 0.25) is 0 Å². The molecule has 0 amide bonds. The van der Waals surface area contributed by atoms with E-state index >= 15 is 0 Å². The van der Waals surface area contributed by atoms with Gasteiger partial charge in [0.2, 0.25) is 0 Å². The first kappa shape index (κ1) is 43.8. The number of rotatable bonds is 23. The number of carbonyl (C=O) groups excluding carboxylic acids is 2. The summed E-state index contributed by atoms with van der Waals surface area (Å²) < 4.78 is 4.86. The number of unbranched alkanes of at least 4 members (excludes halogenated alkanes) is 13. The maximum absolute atomic E-state index is 11.6. The molecule has 11 heteroatoms. The predicted octanol–water partition coefficient (Wildman–Crippen LogP) is 4.69. The Morgan fingerprint density at radius 1 is 0.512 bits per heavy atom. The molecule has 4 atom stereocenters. The molecule has 11 nitrogen and oxygen atoms in total. The number of carboxylic acids is 1. The van der Waals surface area contributed by atoms with Crippen LogP contribution in [0.5, 0.6) is 0 Å². The third kappa shape index (κ3) is 48.4. The lowest BCUT2D eigenvalue weighted by Gasteiger charge is -2.08. The van der Waals surface area contributed by atoms with Crippen molar-refractivity contribution in [1.29, 1.82) is 0 Å². The van der Waals surface area contributed by atoms with Crippen LogP contribution < -0.4 is 10.6 Å². The summed E-state index contributed by atoms with van der Waals surface area (Å²) in [4.78, 5) is 33.6. The summed E-state index contributed by atoms with van der Waals surface area (Å²) >= 11 is 0. The number of aliphatic carboxylic acids is 1. The smallest absolute Gasteiger partial charge is 0.313 e. The van der Waals surface area contributed by atoms with Crippen LogP contribution in [-0.4, -0.2) is 68.4 Å². The van der Waals surface area contributed by atoms with Crippen LogP contribution in [0.15, 0.2) is 0 Å². The SMILES string of the molecule is CC(O)NC(C)O.CC(O)NC(C)O.CCCCCCCCCCC(=O)OC(=O)CCCCCCCCCC(=O)O. The highest BCUT2D eigenvalue weighted by Gasteiger charge is 2.10. The molecule has 0 bridgehead atoms. The number of aliphatic hydroxyl groups is 4. The topological polar surface area (TPSA) is 186 Å². The minimum absolute atomic E-state index is 0.249. The molecule has 246 valence electrons. The van der Waals surface area contributed by atoms with Crippen molar-refractivity contribution in [1.82, 2.24) is 10.6 Å². The molecule has 4 unspecified atom stereocenters. The Morgan fingerprint density at radius 2 is 0.780 bits per heavy atom. The number of ether oxygens (including phenoxy) is 1. The summed E-state index contributed by atoms with van der Waals surface area (Å²) in [7, 11) is 0. The Kier molecular flexibility index (Phi) is 35.1. The van der Waals surface area contributed by atoms with E-state index in [-0.39, 0.29) is 12.4 Å². The van der Waals surface area contributed by atoms with Gasteiger partial charge in [-0.05, 0) is 47.0 Å². The van der Waals surface area contributed by atoms with Gasteiger partial charge in [-0.15, -0.1) is 0 Å². The van der Waals surface area contributed by atoms with Crippen molar-refractivity contribution in [3.05, 3.63) is 0 Å². The van der Waals surface area contributed by atoms with Crippen molar-refractivity contribution in [3.8, 4) is 0 Å². The second-order valence-corrected chi connectivity index (χ2v) is 10.5. The molecule has 0 saturated carbocycles. The molecule has 0 heterocycles. The highest BCUT2D eigenvalue weighted by Crippen LogP contribution is 2.12. The van der Waals surface area contributed by atoms with Gasteiger partial charge in [-0.3, -0.25) is 25.0 Å². The molecule has 0 aromatic carbocycles. The molecule has 7 N–H and O–H groups in total. The highest BCUT2D eigenvalue weighted by atomic mass is 16.6. The molecule has 0 spiro atoms. The highest BCUT2D eigenvalue weighted by molar-refractivity contribution is 5.85. The molecule has 0 aliphatic carbocycles. The number of esters is 2. The molecule has 41 heavy (non-hydrogen) atoms. The summed E-state index contributed by atoms with van der Waals surface area (Å²) in [6.07, 6.45) is 14.3. The average molecular weight is 595 g/mol. The summed E-state index contributed by atoms with van der Waals surface area (Å²) in [6.45, 7) is 8.40. The monoisotopic (exact) mass is 594 g/mol. The van der Waals surface area contributed by atoms with E-state index in [9.17, 15) is 14.4 Å². The number of aliphatic hydroxyl groups excluding tert-OH is 4. The van der Waals surface area contributed by atoms with Gasteiger partial charge in [-0.25, -0.2) is 0 Å². The largest absolute Gasteiger partial charge is 0.481 e. The second-order valence-electron chi connectivity index (χ2n) is 10.5. The van der Waals surface area contributed by atoms with Crippen molar-refractivity contribution in [2.75, 3.05) is 0 Å². The molecule has 0 radical (unpaired) electrons. The Labute approximate surface area is 248 Å². The standard InChI is InChI=1S/C22H40O5.2C4H11NO2/c1-2-3-4-5-6-9-12-15-18-21(25)27-22(26)19-16-13-10-7-8-11-14-17-20(23)24;2*1-3(6)5-4(2)7/h2-19H2,1H3,(H,23,24);2*3-7H,1-2H3. The third-order valence-electron chi connectivity index (χ3n) is 5.70. The van der Waals surface area contributed by atoms with E-state index in [1.165, 1.54) is 32.1 Å². The van der Waals surface area contributed by atoms with Crippen LogP contribution in [0.3, 0.4) is 0 Å². The zero-order valence-electron chi connectivity index (χ0n) is 26.4. The predicted molar refractivity (Wildman–Crippen MR) is 161 cm³/mol. The van der Waals surface area contributed by atoms with Crippen LogP contribution in [0.25, 0.3) is 0 Å². The van der Waals surface area contributed by atoms with Gasteiger partial charge >= 0.3 is 17.9 Å². The fraction of sp³-hybridized carbons (Fsp3) is 0.900. The van der Waals surface area contributed by atoms with E-state index < -0.39 is 36.9 Å². The molecule has 0 aromatic heterocycles. The minimum Gasteiger partial charge on any atom is -0.481 e. The fourth-order valence-electron chi connectivity index (χ4n) is 3.76. The third-order valence-corrected chi connectivity index (χ3v) is 5.70. The van der Waals surface area contributed by atoms with E-state index in [4.69, 9.17) is 30.3 Å². The van der Waals surface area contributed by atoms with E-state index in [1.54, 1.807) is 27.7 Å². The quantitative estimate of drug-likeness (QED) is 0.0377. The number of nitrogens with one attached hydrogen (secondary N) is 2. The molecule has 0 rings (SSSR count). The van der Waals surface area contributed by atoms with Gasteiger partial charge in [0, 0.05) is 19.3 Å². The number of carboxylic acid groups (broad SMARTS) is 1. The van der Waals surface area contributed by atoms with Crippen LogP contribution in [0, 0.1) is 0 Å². The van der Waals surface area contributed by atoms with Crippen molar-refractivity contribution in [3.63, 3.8) is 0 Å². The van der Waals surface area contributed by atoms with Gasteiger partial charge in [-0.1, -0.05) is 84.0 Å². The normalized spacial score (nSPS) is 13.5. The molecule has 0 aliphatic heterocycles. The van der Waals surface area contributed by atoms with E-state index in [1.807, 2.05) is 0 Å². The number of hydrogen-bond donors (Lipinski definition) is 7. The number of hydrogen-bond acceptors (Lipinski definition) is 10. The molecule has 0 aliphatic rings. The summed E-state index contributed by atoms with van der Waals surface area (Å²) in [5, 5.41) is 47.2. The van der Waals surface area contributed by atoms with Crippen LogP contribution >= 0.6 is 0 Å². The molecular weight excluding hydrogens is 532 g/mol. The van der Waals surface area contributed by atoms with Crippen LogP contribution in [-0.2, 0) is 19.1 Å². The molecule has 0 fully saturated rings. The van der Waals surface area contributed by atoms with Crippen LogP contribution in [0.4, 0.5) is 0 Å². The van der Waals surface area contributed by atoms with Gasteiger partial charge in [-0.2, -0.15) is 0 Å². The van der Waals surface area contributed by atoms with E-state index in [0.29, 0.717) is 12.8 Å². The van der Waals surface area contributed by atoms with E-state index in [0.717, 1.165) is 64.2 Å². The van der Waals surface area contributed by atoms with Gasteiger partial charge in [0.05, 0.1) is 0 Å². The van der Waals surface area contributed by atoms with Crippen molar-refractivity contribution < 1.29 is 44.7 Å². The van der Waals surface area contributed by atoms with Crippen molar-refractivity contribution >= 4 is 17.9 Å². The van der Waals surface area contributed by atoms with E-state index in [2.05, 4.69) is 17.6 Å². The zero-order valence-corrected chi connectivity index (χ0v) is 26.4. The number of carbonyl (C=O) groups is 3. The van der Waals surface area contributed by atoms with Crippen molar-refractivity contribution in [2.24, 2.45) is 0 Å². The Balaban J connectivity index is -0.000000840.